The molecular formula is C20H19Cl2N3O3. The van der Waals surface area contributed by atoms with Crippen LogP contribution in [-0.4, -0.2) is 23.3 Å². The van der Waals surface area contributed by atoms with Crippen LogP contribution in [-0.2, 0) is 12.8 Å². The van der Waals surface area contributed by atoms with Gasteiger partial charge in [0.15, 0.2) is 11.4 Å². The molecule has 1 heterocycles. The lowest BCUT2D eigenvalue weighted by molar-refractivity contribution is 0.102. The minimum Gasteiger partial charge on any atom is -0.494 e. The van der Waals surface area contributed by atoms with Gasteiger partial charge in [0.25, 0.3) is 5.91 Å². The molecule has 1 aromatic heterocycles. The van der Waals surface area contributed by atoms with Gasteiger partial charge in [-0.15, -0.1) is 0 Å². The summed E-state index contributed by atoms with van der Waals surface area (Å²) in [5.74, 6) is 0.108. The Bertz CT molecular complexity index is 995. The van der Waals surface area contributed by atoms with Crippen LogP contribution < -0.4 is 10.1 Å². The van der Waals surface area contributed by atoms with Crippen LogP contribution >= 0.6 is 23.2 Å². The summed E-state index contributed by atoms with van der Waals surface area (Å²) >= 11 is 12.2. The predicted octanol–water partition coefficient (Wildman–Crippen LogP) is 5.43. The maximum absolute atomic E-state index is 12.7. The van der Waals surface area contributed by atoms with E-state index in [1.54, 1.807) is 0 Å². The molecule has 2 aromatic carbocycles. The first-order valence-corrected chi connectivity index (χ1v) is 9.53. The fourth-order valence-electron chi connectivity index (χ4n) is 2.89. The fourth-order valence-corrected chi connectivity index (χ4v) is 3.53. The van der Waals surface area contributed by atoms with Gasteiger partial charge in [0.2, 0.25) is 5.82 Å². The maximum Gasteiger partial charge on any atom is 0.257 e. The highest BCUT2D eigenvalue weighted by molar-refractivity contribution is 6.37. The maximum atomic E-state index is 12.7. The molecule has 1 N–H and O–H groups in total. The van der Waals surface area contributed by atoms with E-state index in [0.717, 1.165) is 29.5 Å². The monoisotopic (exact) mass is 419 g/mol. The van der Waals surface area contributed by atoms with Gasteiger partial charge in [-0.2, -0.15) is 0 Å². The second-order valence-electron chi connectivity index (χ2n) is 6.09. The van der Waals surface area contributed by atoms with Crippen molar-refractivity contribution in [2.75, 3.05) is 12.4 Å². The topological polar surface area (TPSA) is 77.3 Å². The molecule has 0 fully saturated rings. The number of benzene rings is 2. The smallest absolute Gasteiger partial charge is 0.257 e. The number of halogens is 2. The summed E-state index contributed by atoms with van der Waals surface area (Å²) in [7, 11) is 1.45. The molecule has 146 valence electrons. The first-order valence-electron chi connectivity index (χ1n) is 8.77. The molecule has 0 spiro atoms. The van der Waals surface area contributed by atoms with Gasteiger partial charge in [0.1, 0.15) is 0 Å². The number of anilines is 1. The van der Waals surface area contributed by atoms with Gasteiger partial charge in [0.05, 0.1) is 17.2 Å². The number of nitrogens with zero attached hydrogens (tertiary/aromatic N) is 2. The summed E-state index contributed by atoms with van der Waals surface area (Å²) in [6.07, 6.45) is 1.69. The van der Waals surface area contributed by atoms with Crippen LogP contribution in [0.15, 0.2) is 35.0 Å². The molecule has 0 aliphatic heterocycles. The van der Waals surface area contributed by atoms with Crippen molar-refractivity contribution in [3.05, 3.63) is 57.1 Å². The molecule has 0 unspecified atom stereocenters. The number of methoxy groups -OCH3 is 1. The molecule has 0 radical (unpaired) electrons. The molecule has 3 rings (SSSR count). The minimum absolute atomic E-state index is 0.232. The third-order valence-electron chi connectivity index (χ3n) is 4.40. The van der Waals surface area contributed by atoms with Gasteiger partial charge in [-0.3, -0.25) is 4.79 Å². The third-order valence-corrected chi connectivity index (χ3v) is 4.97. The normalized spacial score (nSPS) is 10.8. The van der Waals surface area contributed by atoms with Crippen LogP contribution in [0.4, 0.5) is 5.82 Å². The summed E-state index contributed by atoms with van der Waals surface area (Å²) in [6.45, 7) is 4.13. The van der Waals surface area contributed by atoms with E-state index in [0.29, 0.717) is 11.4 Å². The summed E-state index contributed by atoms with van der Waals surface area (Å²) in [6, 6.07) is 9.12. The Morgan fingerprint density at radius 3 is 2.43 bits per heavy atom. The van der Waals surface area contributed by atoms with E-state index < -0.39 is 5.91 Å². The summed E-state index contributed by atoms with van der Waals surface area (Å²) < 4.78 is 10.0. The summed E-state index contributed by atoms with van der Waals surface area (Å²) in [4.78, 5) is 12.7. The zero-order valence-electron chi connectivity index (χ0n) is 15.7. The fraction of sp³-hybridized carbons (Fsp3) is 0.250. The molecule has 0 bridgehead atoms. The lowest BCUT2D eigenvalue weighted by Crippen LogP contribution is -2.13. The van der Waals surface area contributed by atoms with Gasteiger partial charge in [-0.25, -0.2) is 4.63 Å². The Kier molecular flexibility index (Phi) is 6.21. The standard InChI is InChI=1S/C20H19Cl2N3O3/c1-4-11-6-7-12(5-2)14(8-11)17-19(25-28-24-17)23-20(26)13-9-15(21)18(27-3)16(22)10-13/h6-10H,4-5H2,1-3H3,(H,23,25,26). The molecule has 0 aliphatic rings. The number of aromatic nitrogens is 2. The molecule has 0 saturated carbocycles. The number of carbonyl (C=O) groups is 1. The van der Waals surface area contributed by atoms with E-state index in [9.17, 15) is 4.79 Å². The Hall–Kier alpha value is -2.57. The van der Waals surface area contributed by atoms with Crippen LogP contribution in [0.5, 0.6) is 5.75 Å². The van der Waals surface area contributed by atoms with Gasteiger partial charge >= 0.3 is 0 Å². The molecule has 28 heavy (non-hydrogen) atoms. The number of rotatable bonds is 6. The van der Waals surface area contributed by atoms with Crippen LogP contribution in [0.25, 0.3) is 11.3 Å². The molecule has 8 heteroatoms. The van der Waals surface area contributed by atoms with Crippen molar-refractivity contribution in [2.24, 2.45) is 0 Å². The zero-order chi connectivity index (χ0) is 20.3. The van der Waals surface area contributed by atoms with Crippen molar-refractivity contribution in [2.45, 2.75) is 26.7 Å². The molecule has 1 amide bonds. The van der Waals surface area contributed by atoms with Crippen LogP contribution in [0.1, 0.15) is 35.3 Å². The van der Waals surface area contributed by atoms with Crippen molar-refractivity contribution < 1.29 is 14.2 Å². The second-order valence-corrected chi connectivity index (χ2v) is 6.90. The van der Waals surface area contributed by atoms with Crippen molar-refractivity contribution >= 4 is 34.9 Å². The SMILES string of the molecule is CCc1ccc(CC)c(-c2nonc2NC(=O)c2cc(Cl)c(OC)c(Cl)c2)c1. The van der Waals surface area contributed by atoms with Crippen molar-refractivity contribution in [3.63, 3.8) is 0 Å². The quantitative estimate of drug-likeness (QED) is 0.576. The predicted molar refractivity (Wildman–Crippen MR) is 109 cm³/mol. The van der Waals surface area contributed by atoms with Crippen molar-refractivity contribution in [3.8, 4) is 17.0 Å². The van der Waals surface area contributed by atoms with Crippen molar-refractivity contribution in [1.82, 2.24) is 10.3 Å². The average molecular weight is 420 g/mol. The Morgan fingerprint density at radius 2 is 1.82 bits per heavy atom. The zero-order valence-corrected chi connectivity index (χ0v) is 17.2. The largest absolute Gasteiger partial charge is 0.494 e. The number of hydrogen-bond acceptors (Lipinski definition) is 5. The van der Waals surface area contributed by atoms with Gasteiger partial charge < -0.3 is 10.1 Å². The number of nitrogens with one attached hydrogen (secondary N) is 1. The van der Waals surface area contributed by atoms with Crippen LogP contribution in [0.3, 0.4) is 0 Å². The average Bonchev–Trinajstić information content (AvgIpc) is 3.15. The highest BCUT2D eigenvalue weighted by Gasteiger charge is 2.20. The van der Waals surface area contributed by atoms with E-state index in [1.165, 1.54) is 19.2 Å². The van der Waals surface area contributed by atoms with E-state index >= 15 is 0 Å². The number of hydrogen-bond donors (Lipinski definition) is 1. The Balaban J connectivity index is 1.95. The van der Waals surface area contributed by atoms with E-state index in [1.807, 2.05) is 6.07 Å². The van der Waals surface area contributed by atoms with Crippen LogP contribution in [0, 0.1) is 0 Å². The first kappa shape index (κ1) is 20.2. The van der Waals surface area contributed by atoms with Gasteiger partial charge in [-0.05, 0) is 52.5 Å². The molecule has 0 atom stereocenters. The highest BCUT2D eigenvalue weighted by atomic mass is 35.5. The minimum atomic E-state index is -0.437. The van der Waals surface area contributed by atoms with E-state index in [-0.39, 0.29) is 21.4 Å². The number of amides is 1. The first-order chi connectivity index (χ1) is 13.5. The number of ether oxygens (including phenoxy) is 1. The van der Waals surface area contributed by atoms with E-state index in [4.69, 9.17) is 32.6 Å². The second kappa shape index (κ2) is 8.63. The number of carbonyl (C=O) groups excluding carboxylic acids is 1. The molecule has 0 aliphatic carbocycles. The summed E-state index contributed by atoms with van der Waals surface area (Å²) in [5.41, 5.74) is 3.86. The van der Waals surface area contributed by atoms with Crippen molar-refractivity contribution in [1.29, 1.82) is 0 Å². The lowest BCUT2D eigenvalue weighted by Gasteiger charge is -2.10. The van der Waals surface area contributed by atoms with Gasteiger partial charge in [0, 0.05) is 11.1 Å². The lowest BCUT2D eigenvalue weighted by atomic mass is 9.98. The third kappa shape index (κ3) is 3.98. The molecular weight excluding hydrogens is 401 g/mol. The Labute approximate surface area is 172 Å². The number of aryl methyl sites for hydroxylation is 2. The molecule has 6 nitrogen and oxygen atoms in total. The summed E-state index contributed by atoms with van der Waals surface area (Å²) in [5, 5.41) is 11.1. The molecule has 0 saturated heterocycles. The van der Waals surface area contributed by atoms with Crippen LogP contribution in [0.2, 0.25) is 10.0 Å². The van der Waals surface area contributed by atoms with E-state index in [2.05, 4.69) is 41.6 Å². The molecule has 3 aromatic rings. The van der Waals surface area contributed by atoms with Gasteiger partial charge in [-0.1, -0.05) is 49.2 Å². The Morgan fingerprint density at radius 1 is 1.11 bits per heavy atom. The highest BCUT2D eigenvalue weighted by Crippen LogP contribution is 2.34.